The molecule has 4 N–H and O–H groups in total. The van der Waals surface area contributed by atoms with Crippen molar-refractivity contribution in [1.82, 2.24) is 10.6 Å². The number of hydrogen-bond donors (Lipinski definition) is 4. The Labute approximate surface area is 340 Å². The number of carbonyl (C=O) groups excluding carboxylic acids is 4. The molecule has 0 unspecified atom stereocenters. The van der Waals surface area contributed by atoms with Crippen LogP contribution in [-0.2, 0) is 47.7 Å². The fourth-order valence-electron chi connectivity index (χ4n) is 9.58. The van der Waals surface area contributed by atoms with Crippen LogP contribution < -0.4 is 10.6 Å². The summed E-state index contributed by atoms with van der Waals surface area (Å²) in [4.78, 5) is 75.2. The molecule has 4 heterocycles. The Kier molecular flexibility index (Phi) is 13.4. The van der Waals surface area contributed by atoms with Crippen LogP contribution in [0.3, 0.4) is 0 Å². The van der Waals surface area contributed by atoms with Gasteiger partial charge in [0.1, 0.15) is 24.4 Å². The Hall–Kier alpha value is -4.30. The highest BCUT2D eigenvalue weighted by molar-refractivity contribution is 5.91. The topological polar surface area (TPSA) is 210 Å². The van der Waals surface area contributed by atoms with Gasteiger partial charge < -0.3 is 39.8 Å². The smallest absolute Gasteiger partial charge is 0.334 e. The quantitative estimate of drug-likeness (QED) is 0.0479. The molecule has 14 nitrogen and oxygen atoms in total. The minimum Gasteiger partial charge on any atom is -0.481 e. The molecule has 0 spiro atoms. The molecular weight excluding hydrogens is 748 g/mol. The average molecular weight is 809 g/mol. The van der Waals surface area contributed by atoms with Crippen molar-refractivity contribution in [3.63, 3.8) is 0 Å². The molecule has 0 aromatic rings. The van der Waals surface area contributed by atoms with Gasteiger partial charge in [-0.25, -0.2) is 9.59 Å². The second-order valence-corrected chi connectivity index (χ2v) is 17.7. The molecular formula is C44H60N2O12. The van der Waals surface area contributed by atoms with Gasteiger partial charge in [-0.3, -0.25) is 19.2 Å². The Bertz CT molecular complexity index is 1660. The molecule has 2 aliphatic carbocycles. The van der Waals surface area contributed by atoms with Gasteiger partial charge in [0.2, 0.25) is 11.8 Å². The minimum atomic E-state index is -1.49. The summed E-state index contributed by atoms with van der Waals surface area (Å²) in [7, 11) is 0. The van der Waals surface area contributed by atoms with Gasteiger partial charge in [0, 0.05) is 48.9 Å². The van der Waals surface area contributed by atoms with Gasteiger partial charge in [-0.05, 0) is 90.9 Å². The number of fused-ring (bicyclic) bond motifs is 6. The zero-order valence-electron chi connectivity index (χ0n) is 33.9. The lowest BCUT2D eigenvalue weighted by Crippen LogP contribution is -2.39. The normalized spacial score (nSPS) is 34.4. The number of carboxylic acids is 2. The Morgan fingerprint density at radius 1 is 0.741 bits per heavy atom. The number of carbonyl (C=O) groups is 6. The van der Waals surface area contributed by atoms with E-state index in [2.05, 4.69) is 35.9 Å². The molecule has 0 radical (unpaired) electrons. The van der Waals surface area contributed by atoms with Crippen LogP contribution in [-0.4, -0.2) is 94.6 Å². The predicted octanol–water partition coefficient (Wildman–Crippen LogP) is 5.40. The van der Waals surface area contributed by atoms with E-state index in [1.54, 1.807) is 0 Å². The van der Waals surface area contributed by atoms with Crippen LogP contribution in [0.4, 0.5) is 0 Å². The first-order chi connectivity index (χ1) is 27.5. The Morgan fingerprint density at radius 3 is 1.66 bits per heavy atom. The summed E-state index contributed by atoms with van der Waals surface area (Å²) < 4.78 is 23.7. The van der Waals surface area contributed by atoms with Gasteiger partial charge in [0.15, 0.2) is 0 Å². The summed E-state index contributed by atoms with van der Waals surface area (Å²) in [5, 5.41) is 25.7. The lowest BCUT2D eigenvalue weighted by molar-refractivity contribution is -0.152. The maximum Gasteiger partial charge on any atom is 0.334 e. The van der Waals surface area contributed by atoms with Crippen molar-refractivity contribution in [2.45, 2.75) is 159 Å². The van der Waals surface area contributed by atoms with Crippen molar-refractivity contribution >= 4 is 35.7 Å². The zero-order valence-corrected chi connectivity index (χ0v) is 33.9. The number of allylic oxidation sites excluding steroid dienone is 4. The zero-order chi connectivity index (χ0) is 41.8. The van der Waals surface area contributed by atoms with Crippen LogP contribution in [0.5, 0.6) is 0 Å². The first-order valence-electron chi connectivity index (χ1n) is 21.0. The number of rotatable bonds is 17. The van der Waals surface area contributed by atoms with Crippen molar-refractivity contribution in [2.24, 2.45) is 17.3 Å². The van der Waals surface area contributed by atoms with E-state index in [9.17, 15) is 33.9 Å². The van der Waals surface area contributed by atoms with Crippen molar-refractivity contribution in [3.05, 3.63) is 47.6 Å². The standard InChI is InChI=1S/C44H60N2O12/c1-26-30-15-13-28(11-9-19-42(3)37(57-42)35(30)55-39(26)51)23-44(41(53)54,25-33(48)46-22-8-6-5-7-21-45-32(47)17-18-34(49)50)24-29-12-10-20-43(4)38(58-43)36-31(16-14-29)27(2)40(52)56-36/h11-12,30-31,35-38H,1-2,5-10,13-25H2,3-4H3,(H,45,47)(H,46,48)(H,49,50)(H,53,54)/b28-11+,29-12+/t30-,31-,35-,36-,37-,38-,42+,43+/m0/s1. The number of esters is 2. The first kappa shape index (κ1) is 43.3. The van der Waals surface area contributed by atoms with Gasteiger partial charge >= 0.3 is 23.9 Å². The second kappa shape index (κ2) is 17.9. The summed E-state index contributed by atoms with van der Waals surface area (Å²) in [6.07, 6.45) is 10.3. The molecule has 0 saturated carbocycles. The number of unbranched alkanes of at least 4 members (excludes halogenated alkanes) is 3. The van der Waals surface area contributed by atoms with E-state index in [1.165, 1.54) is 0 Å². The van der Waals surface area contributed by atoms with Gasteiger partial charge in [0.05, 0.1) is 23.0 Å². The highest BCUT2D eigenvalue weighted by atomic mass is 16.7. The number of aliphatic carboxylic acids is 2. The molecule has 0 bridgehead atoms. The summed E-state index contributed by atoms with van der Waals surface area (Å²) >= 11 is 0. The van der Waals surface area contributed by atoms with Crippen molar-refractivity contribution in [3.8, 4) is 0 Å². The highest BCUT2D eigenvalue weighted by Gasteiger charge is 2.62. The largest absolute Gasteiger partial charge is 0.481 e. The average Bonchev–Trinajstić information content (AvgIpc) is 3.97. The number of ether oxygens (including phenoxy) is 4. The maximum atomic E-state index is 13.8. The van der Waals surface area contributed by atoms with E-state index in [-0.39, 0.29) is 68.0 Å². The second-order valence-electron chi connectivity index (χ2n) is 17.7. The lowest BCUT2D eigenvalue weighted by atomic mass is 9.70. The Morgan fingerprint density at radius 2 is 1.21 bits per heavy atom. The highest BCUT2D eigenvalue weighted by Crippen LogP contribution is 2.52. The minimum absolute atomic E-state index is 0.0587. The van der Waals surface area contributed by atoms with Crippen molar-refractivity contribution in [1.29, 1.82) is 0 Å². The third-order valence-corrected chi connectivity index (χ3v) is 13.3. The van der Waals surface area contributed by atoms with Crippen molar-refractivity contribution < 1.29 is 57.9 Å². The van der Waals surface area contributed by atoms with Gasteiger partial charge in [-0.1, -0.05) is 49.3 Å². The molecule has 0 aromatic heterocycles. The van der Waals surface area contributed by atoms with E-state index in [0.717, 1.165) is 24.0 Å². The fourth-order valence-corrected chi connectivity index (χ4v) is 9.58. The SMILES string of the molecule is C=C1C(=O)O[C@H]2[C@H]1CC/C(CC(CC(=O)NCCCCCCNC(=O)CCC(=O)O)(C/C1=C/CC[C@@]3(C)O[C@H]3[C@H]3OC(=O)C(=C)[C@@H]3CC1)C(=O)O)=C\CC[C@@]1(C)O[C@@H]21. The summed E-state index contributed by atoms with van der Waals surface area (Å²) in [5.41, 5.74) is 0.223. The molecule has 318 valence electrons. The number of hydrogen-bond acceptors (Lipinski definition) is 10. The molecule has 8 atom stereocenters. The first-order valence-corrected chi connectivity index (χ1v) is 21.0. The van der Waals surface area contributed by atoms with Crippen LogP contribution in [0.25, 0.3) is 0 Å². The van der Waals surface area contributed by atoms with Gasteiger partial charge in [-0.15, -0.1) is 0 Å². The molecule has 0 aromatic carbocycles. The summed E-state index contributed by atoms with van der Waals surface area (Å²) in [6, 6.07) is 0. The van der Waals surface area contributed by atoms with Crippen molar-refractivity contribution in [2.75, 3.05) is 13.1 Å². The lowest BCUT2D eigenvalue weighted by Gasteiger charge is -2.33. The molecule has 58 heavy (non-hydrogen) atoms. The van der Waals surface area contributed by atoms with Crippen LogP contribution in [0.1, 0.15) is 123 Å². The molecule has 2 amide bonds. The Balaban J connectivity index is 1.15. The van der Waals surface area contributed by atoms with Crippen LogP contribution in [0, 0.1) is 17.3 Å². The number of epoxide rings is 2. The van der Waals surface area contributed by atoms with E-state index in [1.807, 2.05) is 13.8 Å². The number of amides is 2. The van der Waals surface area contributed by atoms with E-state index in [0.29, 0.717) is 88.4 Å². The fraction of sp³-hybridized carbons (Fsp3) is 0.682. The molecule has 14 heteroatoms. The summed E-state index contributed by atoms with van der Waals surface area (Å²) in [5.74, 6) is -4.11. The molecule has 4 saturated heterocycles. The maximum absolute atomic E-state index is 13.8. The van der Waals surface area contributed by atoms with Gasteiger partial charge in [0.25, 0.3) is 0 Å². The predicted molar refractivity (Wildman–Crippen MR) is 210 cm³/mol. The molecule has 6 rings (SSSR count). The third kappa shape index (κ3) is 10.1. The van der Waals surface area contributed by atoms with Crippen LogP contribution >= 0.6 is 0 Å². The monoisotopic (exact) mass is 808 g/mol. The van der Waals surface area contributed by atoms with E-state index < -0.39 is 52.7 Å². The summed E-state index contributed by atoms with van der Waals surface area (Å²) in [6.45, 7) is 12.9. The van der Waals surface area contributed by atoms with Crippen LogP contribution in [0.2, 0.25) is 0 Å². The molecule has 6 aliphatic rings. The third-order valence-electron chi connectivity index (χ3n) is 13.3. The number of carboxylic acid groups (broad SMARTS) is 2. The van der Waals surface area contributed by atoms with Gasteiger partial charge in [-0.2, -0.15) is 0 Å². The molecule has 4 fully saturated rings. The number of nitrogens with one attached hydrogen (secondary N) is 2. The van der Waals surface area contributed by atoms with E-state index in [4.69, 9.17) is 24.1 Å². The molecule has 4 aliphatic heterocycles. The van der Waals surface area contributed by atoms with E-state index >= 15 is 0 Å². The van der Waals surface area contributed by atoms with Crippen LogP contribution in [0.15, 0.2) is 47.6 Å².